The fourth-order valence-electron chi connectivity index (χ4n) is 1.18. The first-order valence-electron chi connectivity index (χ1n) is 4.20. The molecule has 2 heterocycles. The average Bonchev–Trinajstić information content (AvgIpc) is 2.43. The van der Waals surface area contributed by atoms with Crippen LogP contribution in [0.25, 0.3) is 0 Å². The van der Waals surface area contributed by atoms with Crippen LogP contribution in [0.2, 0.25) is 0 Å². The lowest BCUT2D eigenvalue weighted by Crippen LogP contribution is -2.48. The van der Waals surface area contributed by atoms with Crippen molar-refractivity contribution in [3.05, 3.63) is 21.9 Å². The maximum Gasteiger partial charge on any atom is 0.261 e. The van der Waals surface area contributed by atoms with Gasteiger partial charge in [-0.3, -0.25) is 4.79 Å². The molecule has 3 nitrogen and oxygen atoms in total. The predicted molar refractivity (Wildman–Crippen MR) is 51.1 cm³/mol. The standard InChI is InChI=1S/C9H11NO2S/c1-6-2-3-13-8(6)9(11)10-7-4-12-5-7/h2-3,7H,4-5H2,1H3,(H,10,11). The lowest BCUT2D eigenvalue weighted by molar-refractivity contribution is -0.00339. The van der Waals surface area contributed by atoms with Crippen LogP contribution in [0, 0.1) is 6.92 Å². The van der Waals surface area contributed by atoms with Gasteiger partial charge in [-0.05, 0) is 23.9 Å². The lowest BCUT2D eigenvalue weighted by Gasteiger charge is -2.26. The van der Waals surface area contributed by atoms with Gasteiger partial charge in [0.25, 0.3) is 5.91 Å². The Kier molecular flexibility index (Phi) is 2.33. The Labute approximate surface area is 80.7 Å². The van der Waals surface area contributed by atoms with Gasteiger partial charge in [0.2, 0.25) is 0 Å². The molecule has 1 N–H and O–H groups in total. The van der Waals surface area contributed by atoms with Gasteiger partial charge in [-0.15, -0.1) is 11.3 Å². The molecule has 0 spiro atoms. The number of aryl methyl sites for hydroxylation is 1. The number of ether oxygens (including phenoxy) is 1. The molecule has 2 rings (SSSR count). The van der Waals surface area contributed by atoms with Crippen molar-refractivity contribution in [1.29, 1.82) is 0 Å². The summed E-state index contributed by atoms with van der Waals surface area (Å²) in [6.07, 6.45) is 0. The molecule has 0 unspecified atom stereocenters. The molecule has 4 heteroatoms. The van der Waals surface area contributed by atoms with Crippen molar-refractivity contribution in [1.82, 2.24) is 5.32 Å². The Morgan fingerprint density at radius 3 is 2.92 bits per heavy atom. The number of hydrogen-bond donors (Lipinski definition) is 1. The summed E-state index contributed by atoms with van der Waals surface area (Å²) in [4.78, 5) is 12.4. The normalized spacial score (nSPS) is 16.7. The molecule has 1 aromatic rings. The summed E-state index contributed by atoms with van der Waals surface area (Å²) in [6, 6.07) is 2.17. The third-order valence-corrected chi connectivity index (χ3v) is 3.06. The van der Waals surface area contributed by atoms with Gasteiger partial charge in [0.15, 0.2) is 0 Å². The third-order valence-electron chi connectivity index (χ3n) is 2.04. The van der Waals surface area contributed by atoms with E-state index in [2.05, 4.69) is 5.32 Å². The fourth-order valence-corrected chi connectivity index (χ4v) is 2.00. The van der Waals surface area contributed by atoms with Crippen LogP contribution in [0.4, 0.5) is 0 Å². The van der Waals surface area contributed by atoms with E-state index in [4.69, 9.17) is 4.74 Å². The van der Waals surface area contributed by atoms with Crippen LogP contribution < -0.4 is 5.32 Å². The maximum atomic E-state index is 11.6. The number of rotatable bonds is 2. The number of thiophene rings is 1. The minimum atomic E-state index is 0.0285. The molecule has 1 aliphatic rings. The molecule has 70 valence electrons. The Balaban J connectivity index is 2.00. The molecule has 0 radical (unpaired) electrons. The minimum absolute atomic E-state index is 0.0285. The number of hydrogen-bond acceptors (Lipinski definition) is 3. The van der Waals surface area contributed by atoms with Gasteiger partial charge in [0.05, 0.1) is 24.1 Å². The molecule has 1 amide bonds. The van der Waals surface area contributed by atoms with Crippen molar-refractivity contribution in [3.8, 4) is 0 Å². The second-order valence-electron chi connectivity index (χ2n) is 3.14. The van der Waals surface area contributed by atoms with Crippen molar-refractivity contribution in [2.45, 2.75) is 13.0 Å². The highest BCUT2D eigenvalue weighted by Crippen LogP contribution is 2.15. The van der Waals surface area contributed by atoms with Crippen LogP contribution in [0.15, 0.2) is 11.4 Å². The summed E-state index contributed by atoms with van der Waals surface area (Å²) < 4.78 is 4.97. The molecule has 0 aromatic carbocycles. The first-order chi connectivity index (χ1) is 6.27. The van der Waals surface area contributed by atoms with Gasteiger partial charge < -0.3 is 10.1 Å². The van der Waals surface area contributed by atoms with E-state index in [1.165, 1.54) is 11.3 Å². The zero-order valence-electron chi connectivity index (χ0n) is 7.37. The van der Waals surface area contributed by atoms with Crippen molar-refractivity contribution < 1.29 is 9.53 Å². The summed E-state index contributed by atoms with van der Waals surface area (Å²) in [6.45, 7) is 3.25. The molecule has 1 aromatic heterocycles. The van der Waals surface area contributed by atoms with E-state index in [1.807, 2.05) is 18.4 Å². The average molecular weight is 197 g/mol. The van der Waals surface area contributed by atoms with Crippen LogP contribution in [-0.2, 0) is 4.74 Å². The molecule has 0 bridgehead atoms. The Morgan fingerprint density at radius 2 is 2.46 bits per heavy atom. The summed E-state index contributed by atoms with van der Waals surface area (Å²) in [5.41, 5.74) is 1.04. The fraction of sp³-hybridized carbons (Fsp3) is 0.444. The van der Waals surface area contributed by atoms with Crippen LogP contribution in [0.5, 0.6) is 0 Å². The summed E-state index contributed by atoms with van der Waals surface area (Å²) in [7, 11) is 0. The molecule has 1 fully saturated rings. The Morgan fingerprint density at radius 1 is 1.69 bits per heavy atom. The topological polar surface area (TPSA) is 38.3 Å². The summed E-state index contributed by atoms with van der Waals surface area (Å²) >= 11 is 1.48. The lowest BCUT2D eigenvalue weighted by atomic mass is 10.2. The summed E-state index contributed by atoms with van der Waals surface area (Å²) in [5, 5.41) is 4.84. The van der Waals surface area contributed by atoms with E-state index in [1.54, 1.807) is 0 Å². The van der Waals surface area contributed by atoms with Gasteiger partial charge >= 0.3 is 0 Å². The van der Waals surface area contributed by atoms with Crippen molar-refractivity contribution >= 4 is 17.2 Å². The van der Waals surface area contributed by atoms with E-state index in [0.717, 1.165) is 10.4 Å². The highest BCUT2D eigenvalue weighted by Gasteiger charge is 2.21. The van der Waals surface area contributed by atoms with Gasteiger partial charge in [0.1, 0.15) is 0 Å². The Hall–Kier alpha value is -0.870. The van der Waals surface area contributed by atoms with Crippen molar-refractivity contribution in [3.63, 3.8) is 0 Å². The first kappa shape index (κ1) is 8.72. The molecule has 0 saturated carbocycles. The van der Waals surface area contributed by atoms with Crippen molar-refractivity contribution in [2.24, 2.45) is 0 Å². The maximum absolute atomic E-state index is 11.6. The molecule has 13 heavy (non-hydrogen) atoms. The third kappa shape index (κ3) is 1.73. The van der Waals surface area contributed by atoms with Crippen LogP contribution >= 0.6 is 11.3 Å². The first-order valence-corrected chi connectivity index (χ1v) is 5.08. The largest absolute Gasteiger partial charge is 0.377 e. The van der Waals surface area contributed by atoms with Crippen LogP contribution in [-0.4, -0.2) is 25.2 Å². The molecule has 1 aliphatic heterocycles. The van der Waals surface area contributed by atoms with E-state index < -0.39 is 0 Å². The van der Waals surface area contributed by atoms with Crippen LogP contribution in [0.1, 0.15) is 15.2 Å². The second kappa shape index (κ2) is 3.47. The molecule has 1 saturated heterocycles. The predicted octanol–water partition coefficient (Wildman–Crippen LogP) is 1.19. The van der Waals surface area contributed by atoms with Crippen molar-refractivity contribution in [2.75, 3.05) is 13.2 Å². The van der Waals surface area contributed by atoms with Gasteiger partial charge in [0, 0.05) is 0 Å². The van der Waals surface area contributed by atoms with Gasteiger partial charge in [-0.1, -0.05) is 0 Å². The zero-order chi connectivity index (χ0) is 9.26. The van der Waals surface area contributed by atoms with E-state index in [-0.39, 0.29) is 11.9 Å². The highest BCUT2D eigenvalue weighted by atomic mass is 32.1. The molecular weight excluding hydrogens is 186 g/mol. The SMILES string of the molecule is Cc1ccsc1C(=O)NC1COC1. The van der Waals surface area contributed by atoms with E-state index in [0.29, 0.717) is 13.2 Å². The van der Waals surface area contributed by atoms with Gasteiger partial charge in [-0.2, -0.15) is 0 Å². The number of nitrogens with one attached hydrogen (secondary N) is 1. The number of carbonyl (C=O) groups excluding carboxylic acids is 1. The van der Waals surface area contributed by atoms with Crippen LogP contribution in [0.3, 0.4) is 0 Å². The quantitative estimate of drug-likeness (QED) is 0.773. The minimum Gasteiger partial charge on any atom is -0.377 e. The molecule has 0 atom stereocenters. The smallest absolute Gasteiger partial charge is 0.261 e. The van der Waals surface area contributed by atoms with E-state index in [9.17, 15) is 4.79 Å². The zero-order valence-corrected chi connectivity index (χ0v) is 8.19. The number of amides is 1. The Bertz CT molecular complexity index is 317. The van der Waals surface area contributed by atoms with Gasteiger partial charge in [-0.25, -0.2) is 0 Å². The molecular formula is C9H11NO2S. The summed E-state index contributed by atoms with van der Waals surface area (Å²) in [5.74, 6) is 0.0285. The number of carbonyl (C=O) groups is 1. The molecule has 0 aliphatic carbocycles. The highest BCUT2D eigenvalue weighted by molar-refractivity contribution is 7.12. The monoisotopic (exact) mass is 197 g/mol. The van der Waals surface area contributed by atoms with E-state index >= 15 is 0 Å². The second-order valence-corrected chi connectivity index (χ2v) is 4.06.